The van der Waals surface area contributed by atoms with E-state index < -0.39 is 5.97 Å². The van der Waals surface area contributed by atoms with Gasteiger partial charge in [0.1, 0.15) is 24.7 Å². The third-order valence-electron chi connectivity index (χ3n) is 1.94. The second-order valence-electron chi connectivity index (χ2n) is 3.07. The molecule has 0 saturated heterocycles. The minimum atomic E-state index is -0.955. The van der Waals surface area contributed by atoms with Crippen LogP contribution >= 0.6 is 0 Å². The second kappa shape index (κ2) is 4.00. The van der Waals surface area contributed by atoms with Crippen molar-refractivity contribution in [2.24, 2.45) is 4.99 Å². The van der Waals surface area contributed by atoms with Crippen molar-refractivity contribution in [2.75, 3.05) is 18.5 Å². The summed E-state index contributed by atoms with van der Waals surface area (Å²) in [7, 11) is 0. The summed E-state index contributed by atoms with van der Waals surface area (Å²) in [6, 6.07) is 7.44. The number of hydrogen-bond acceptors (Lipinski definition) is 3. The first-order chi connectivity index (χ1) is 7.25. The number of amidine groups is 1. The summed E-state index contributed by atoms with van der Waals surface area (Å²) in [5.41, 5.74) is 0.813. The van der Waals surface area contributed by atoms with Crippen LogP contribution in [0, 0.1) is 0 Å². The maximum absolute atomic E-state index is 10.3. The number of aliphatic carboxylic acids is 1. The predicted molar refractivity (Wildman–Crippen MR) is 55.5 cm³/mol. The number of fused-ring (bicyclic) bond motifs is 1. The van der Waals surface area contributed by atoms with Crippen molar-refractivity contribution in [1.29, 1.82) is 0 Å². The highest BCUT2D eigenvalue weighted by atomic mass is 16.5. The van der Waals surface area contributed by atoms with E-state index in [0.717, 1.165) is 11.4 Å². The molecule has 5 heteroatoms. The third-order valence-corrected chi connectivity index (χ3v) is 1.94. The van der Waals surface area contributed by atoms with Gasteiger partial charge in [-0.25, -0.2) is 0 Å². The van der Waals surface area contributed by atoms with Gasteiger partial charge in [-0.3, -0.25) is 9.79 Å². The number of rotatable bonds is 2. The molecule has 0 atom stereocenters. The van der Waals surface area contributed by atoms with Crippen LogP contribution in [0.15, 0.2) is 29.3 Å². The minimum absolute atomic E-state index is 0.242. The lowest BCUT2D eigenvalue weighted by atomic mass is 10.2. The second-order valence-corrected chi connectivity index (χ2v) is 3.07. The molecule has 0 bridgehead atoms. The maximum atomic E-state index is 10.3. The fourth-order valence-electron chi connectivity index (χ4n) is 1.28. The fraction of sp³-hybridized carbons (Fsp3) is 0.200. The summed E-state index contributed by atoms with van der Waals surface area (Å²) < 4.78 is 5.38. The van der Waals surface area contributed by atoms with Gasteiger partial charge in [0.15, 0.2) is 0 Å². The third kappa shape index (κ3) is 2.25. The molecule has 0 aliphatic carbocycles. The van der Waals surface area contributed by atoms with E-state index in [9.17, 15) is 4.79 Å². The highest BCUT2D eigenvalue weighted by Crippen LogP contribution is 2.26. The molecule has 0 spiro atoms. The molecule has 5 nitrogen and oxygen atoms in total. The lowest BCUT2D eigenvalue weighted by Crippen LogP contribution is -2.26. The van der Waals surface area contributed by atoms with Crippen LogP contribution < -0.4 is 10.1 Å². The quantitative estimate of drug-likeness (QED) is 0.756. The van der Waals surface area contributed by atoms with Gasteiger partial charge in [0.25, 0.3) is 0 Å². The number of ether oxygens (including phenoxy) is 1. The van der Waals surface area contributed by atoms with E-state index in [1.165, 1.54) is 0 Å². The number of carboxylic acid groups (broad SMARTS) is 1. The largest absolute Gasteiger partial charge is 0.484 e. The molecule has 2 rings (SSSR count). The summed E-state index contributed by atoms with van der Waals surface area (Å²) >= 11 is 0. The number of carboxylic acids is 1. The van der Waals surface area contributed by atoms with Crippen molar-refractivity contribution in [3.63, 3.8) is 0 Å². The molecule has 0 fully saturated rings. The first kappa shape index (κ1) is 9.51. The van der Waals surface area contributed by atoms with E-state index >= 15 is 0 Å². The van der Waals surface area contributed by atoms with Crippen LogP contribution in [0.2, 0.25) is 0 Å². The van der Waals surface area contributed by atoms with Crippen molar-refractivity contribution < 1.29 is 14.6 Å². The number of para-hydroxylation sites is 2. The van der Waals surface area contributed by atoms with Crippen molar-refractivity contribution >= 4 is 17.5 Å². The Kier molecular flexibility index (Phi) is 2.53. The lowest BCUT2D eigenvalue weighted by molar-refractivity contribution is -0.135. The first-order valence-corrected chi connectivity index (χ1v) is 4.49. The van der Waals surface area contributed by atoms with Crippen LogP contribution in [-0.2, 0) is 4.79 Å². The van der Waals surface area contributed by atoms with Gasteiger partial charge in [-0.05, 0) is 12.1 Å². The Morgan fingerprint density at radius 1 is 1.53 bits per heavy atom. The van der Waals surface area contributed by atoms with Crippen molar-refractivity contribution in [2.45, 2.75) is 0 Å². The molecule has 0 radical (unpaired) electrons. The van der Waals surface area contributed by atoms with Crippen LogP contribution in [0.1, 0.15) is 0 Å². The molecule has 78 valence electrons. The van der Waals surface area contributed by atoms with Crippen LogP contribution in [0.25, 0.3) is 0 Å². The SMILES string of the molecule is O=C(O)CN=C1COc2ccccc2N1. The van der Waals surface area contributed by atoms with Gasteiger partial charge in [-0.15, -0.1) is 0 Å². The zero-order valence-electron chi connectivity index (χ0n) is 7.93. The molecule has 1 aromatic carbocycles. The molecule has 0 amide bonds. The summed E-state index contributed by atoms with van der Waals surface area (Å²) in [4.78, 5) is 14.2. The topological polar surface area (TPSA) is 70.9 Å². The molecule has 1 aromatic rings. The van der Waals surface area contributed by atoms with Gasteiger partial charge in [-0.1, -0.05) is 12.1 Å². The molecular weight excluding hydrogens is 196 g/mol. The number of aliphatic imine (C=N–C) groups is 1. The van der Waals surface area contributed by atoms with Crippen molar-refractivity contribution in [1.82, 2.24) is 0 Å². The molecule has 0 unspecified atom stereocenters. The zero-order valence-corrected chi connectivity index (χ0v) is 7.93. The summed E-state index contributed by atoms with van der Waals surface area (Å²) in [6.07, 6.45) is 0. The van der Waals surface area contributed by atoms with Gasteiger partial charge in [-0.2, -0.15) is 0 Å². The Balaban J connectivity index is 2.12. The average Bonchev–Trinajstić information content (AvgIpc) is 2.26. The van der Waals surface area contributed by atoms with E-state index in [0.29, 0.717) is 5.84 Å². The normalized spacial score (nSPS) is 16.4. The minimum Gasteiger partial charge on any atom is -0.484 e. The van der Waals surface area contributed by atoms with Crippen LogP contribution in [0.5, 0.6) is 5.75 Å². The summed E-state index contributed by atoms with van der Waals surface area (Å²) in [6.45, 7) is 0.0398. The van der Waals surface area contributed by atoms with Gasteiger partial charge in [0.2, 0.25) is 0 Å². The average molecular weight is 206 g/mol. The highest BCUT2D eigenvalue weighted by Gasteiger charge is 2.13. The van der Waals surface area contributed by atoms with Crippen molar-refractivity contribution in [3.05, 3.63) is 24.3 Å². The number of anilines is 1. The summed E-state index contributed by atoms with van der Waals surface area (Å²) in [5, 5.41) is 11.5. The zero-order chi connectivity index (χ0) is 10.7. The summed E-state index contributed by atoms with van der Waals surface area (Å²) in [5.74, 6) is 0.339. The standard InChI is InChI=1S/C10H10N2O3/c13-10(14)5-11-9-6-15-8-4-2-1-3-7(8)12-9/h1-4H,5-6H2,(H,11,12)(H,13,14). The lowest BCUT2D eigenvalue weighted by Gasteiger charge is -2.20. The first-order valence-electron chi connectivity index (χ1n) is 4.49. The Morgan fingerprint density at radius 3 is 3.13 bits per heavy atom. The Bertz CT molecular complexity index is 415. The molecule has 1 aliphatic heterocycles. The number of nitrogens with zero attached hydrogens (tertiary/aromatic N) is 1. The maximum Gasteiger partial charge on any atom is 0.325 e. The number of hydrogen-bond donors (Lipinski definition) is 2. The highest BCUT2D eigenvalue weighted by molar-refractivity contribution is 6.00. The number of carbonyl (C=O) groups is 1. The Hall–Kier alpha value is -2.04. The molecule has 0 aromatic heterocycles. The number of nitrogens with one attached hydrogen (secondary N) is 1. The van der Waals surface area contributed by atoms with Crippen LogP contribution in [0.4, 0.5) is 5.69 Å². The van der Waals surface area contributed by atoms with Gasteiger partial charge in [0, 0.05) is 0 Å². The van der Waals surface area contributed by atoms with E-state index in [1.807, 2.05) is 24.3 Å². The molecular formula is C10H10N2O3. The Labute approximate surface area is 86.4 Å². The number of benzene rings is 1. The smallest absolute Gasteiger partial charge is 0.325 e. The molecule has 1 aliphatic rings. The van der Waals surface area contributed by atoms with E-state index in [-0.39, 0.29) is 13.2 Å². The predicted octanol–water partition coefficient (Wildman–Crippen LogP) is 0.974. The molecule has 1 heterocycles. The molecule has 0 saturated carbocycles. The van der Waals surface area contributed by atoms with Gasteiger partial charge in [0.05, 0.1) is 5.69 Å². The van der Waals surface area contributed by atoms with Crippen LogP contribution in [0.3, 0.4) is 0 Å². The Morgan fingerprint density at radius 2 is 2.33 bits per heavy atom. The van der Waals surface area contributed by atoms with Gasteiger partial charge >= 0.3 is 5.97 Å². The molecule has 15 heavy (non-hydrogen) atoms. The molecule has 2 N–H and O–H groups in total. The van der Waals surface area contributed by atoms with E-state index in [4.69, 9.17) is 9.84 Å². The monoisotopic (exact) mass is 206 g/mol. The van der Waals surface area contributed by atoms with Crippen molar-refractivity contribution in [3.8, 4) is 5.75 Å². The van der Waals surface area contributed by atoms with E-state index in [2.05, 4.69) is 10.3 Å². The fourth-order valence-corrected chi connectivity index (χ4v) is 1.28. The van der Waals surface area contributed by atoms with E-state index in [1.54, 1.807) is 0 Å². The van der Waals surface area contributed by atoms with Crippen LogP contribution in [-0.4, -0.2) is 30.1 Å². The van der Waals surface area contributed by atoms with Gasteiger partial charge < -0.3 is 15.2 Å².